The molecule has 0 aromatic carbocycles. The van der Waals surface area contributed by atoms with E-state index in [1.807, 2.05) is 5.38 Å². The molecule has 4 nitrogen and oxygen atoms in total. The number of nitrogens with one attached hydrogen (secondary N) is 1. The number of halogens is 1. The molecule has 1 fully saturated rings. The van der Waals surface area contributed by atoms with Crippen molar-refractivity contribution in [2.45, 2.75) is 0 Å². The van der Waals surface area contributed by atoms with Crippen molar-refractivity contribution in [3.05, 3.63) is 20.8 Å². The Hall–Kier alpha value is -0.880. The number of carbonyl (C=O) groups excluding carboxylic acids is 2. The molecular formula is C9H9BrN2O2S. The number of piperazine rings is 1. The molecule has 2 rings (SSSR count). The Morgan fingerprint density at radius 3 is 3.00 bits per heavy atom. The van der Waals surface area contributed by atoms with Crippen molar-refractivity contribution in [3.8, 4) is 0 Å². The van der Waals surface area contributed by atoms with E-state index < -0.39 is 0 Å². The van der Waals surface area contributed by atoms with Crippen LogP contribution in [0.3, 0.4) is 0 Å². The monoisotopic (exact) mass is 288 g/mol. The Bertz CT molecular complexity index is 405. The van der Waals surface area contributed by atoms with Crippen LogP contribution >= 0.6 is 27.3 Å². The lowest BCUT2D eigenvalue weighted by atomic mass is 10.2. The molecule has 6 heteroatoms. The molecule has 0 spiro atoms. The van der Waals surface area contributed by atoms with E-state index in [-0.39, 0.29) is 18.4 Å². The summed E-state index contributed by atoms with van der Waals surface area (Å²) in [6.45, 7) is 1.26. The zero-order valence-electron chi connectivity index (χ0n) is 7.83. The maximum Gasteiger partial charge on any atom is 0.256 e. The van der Waals surface area contributed by atoms with Crippen LogP contribution in [0.2, 0.25) is 0 Å². The largest absolute Gasteiger partial charge is 0.353 e. The summed E-state index contributed by atoms with van der Waals surface area (Å²) in [4.78, 5) is 24.6. The van der Waals surface area contributed by atoms with Gasteiger partial charge in [0, 0.05) is 13.1 Å². The van der Waals surface area contributed by atoms with E-state index in [0.717, 1.165) is 3.79 Å². The molecule has 80 valence electrons. The second-order valence-electron chi connectivity index (χ2n) is 3.18. The third-order valence-corrected chi connectivity index (χ3v) is 3.86. The summed E-state index contributed by atoms with van der Waals surface area (Å²) in [5, 5.41) is 4.53. The Labute approximate surface area is 99.4 Å². The first kappa shape index (κ1) is 10.6. The first-order valence-electron chi connectivity index (χ1n) is 4.47. The van der Waals surface area contributed by atoms with Gasteiger partial charge in [0.1, 0.15) is 0 Å². The number of nitrogens with zero attached hydrogens (tertiary/aromatic N) is 1. The SMILES string of the molecule is O=C1CN(C(=O)c2ccsc2Br)CCN1. The molecule has 0 bridgehead atoms. The molecule has 1 N–H and O–H groups in total. The van der Waals surface area contributed by atoms with Crippen LogP contribution in [0.4, 0.5) is 0 Å². The van der Waals surface area contributed by atoms with E-state index in [2.05, 4.69) is 21.2 Å². The van der Waals surface area contributed by atoms with Gasteiger partial charge in [-0.1, -0.05) is 0 Å². The van der Waals surface area contributed by atoms with Gasteiger partial charge >= 0.3 is 0 Å². The summed E-state index contributed by atoms with van der Waals surface area (Å²) in [6, 6.07) is 1.77. The average Bonchev–Trinajstić information content (AvgIpc) is 2.63. The molecule has 15 heavy (non-hydrogen) atoms. The lowest BCUT2D eigenvalue weighted by Gasteiger charge is -2.26. The summed E-state index contributed by atoms with van der Waals surface area (Å²) in [6.07, 6.45) is 0. The maximum absolute atomic E-state index is 11.9. The van der Waals surface area contributed by atoms with E-state index in [1.54, 1.807) is 11.0 Å². The standard InChI is InChI=1S/C9H9BrN2O2S/c10-8-6(1-4-15-8)9(14)12-3-2-11-7(13)5-12/h1,4H,2-3,5H2,(H,11,13). The van der Waals surface area contributed by atoms with Crippen molar-refractivity contribution in [3.63, 3.8) is 0 Å². The van der Waals surface area contributed by atoms with E-state index in [9.17, 15) is 9.59 Å². The highest BCUT2D eigenvalue weighted by Crippen LogP contribution is 2.24. The van der Waals surface area contributed by atoms with Gasteiger partial charge in [0.15, 0.2) is 0 Å². The normalized spacial score (nSPS) is 16.3. The maximum atomic E-state index is 11.9. The summed E-state index contributed by atoms with van der Waals surface area (Å²) in [7, 11) is 0. The molecule has 2 heterocycles. The first-order chi connectivity index (χ1) is 7.18. The summed E-state index contributed by atoms with van der Waals surface area (Å²) < 4.78 is 0.818. The van der Waals surface area contributed by atoms with Crippen molar-refractivity contribution in [1.29, 1.82) is 0 Å². The second-order valence-corrected chi connectivity index (χ2v) is 5.42. The number of hydrogen-bond donors (Lipinski definition) is 1. The van der Waals surface area contributed by atoms with Crippen LogP contribution in [0.15, 0.2) is 15.2 Å². The van der Waals surface area contributed by atoms with Crippen LogP contribution in [0, 0.1) is 0 Å². The van der Waals surface area contributed by atoms with E-state index >= 15 is 0 Å². The summed E-state index contributed by atoms with van der Waals surface area (Å²) in [5.41, 5.74) is 0.634. The minimum atomic E-state index is -0.0963. The van der Waals surface area contributed by atoms with Crippen LogP contribution in [0.5, 0.6) is 0 Å². The van der Waals surface area contributed by atoms with Crippen molar-refractivity contribution in [2.24, 2.45) is 0 Å². The lowest BCUT2D eigenvalue weighted by molar-refractivity contribution is -0.123. The predicted octanol–water partition coefficient (Wildman–Crippen LogP) is 1.08. The number of rotatable bonds is 1. The predicted molar refractivity (Wildman–Crippen MR) is 60.9 cm³/mol. The smallest absolute Gasteiger partial charge is 0.256 e. The first-order valence-corrected chi connectivity index (χ1v) is 6.14. The Morgan fingerprint density at radius 1 is 1.60 bits per heavy atom. The van der Waals surface area contributed by atoms with Crippen molar-refractivity contribution >= 4 is 39.1 Å². The van der Waals surface area contributed by atoms with Gasteiger partial charge in [-0.3, -0.25) is 9.59 Å². The molecule has 0 radical (unpaired) electrons. The molecular weight excluding hydrogens is 280 g/mol. The minimum absolute atomic E-state index is 0.0852. The Kier molecular flexibility index (Phi) is 3.06. The van der Waals surface area contributed by atoms with Crippen molar-refractivity contribution < 1.29 is 9.59 Å². The topological polar surface area (TPSA) is 49.4 Å². The molecule has 0 saturated carbocycles. The highest BCUT2D eigenvalue weighted by molar-refractivity contribution is 9.11. The fourth-order valence-electron chi connectivity index (χ4n) is 1.43. The molecule has 1 aliphatic heterocycles. The third kappa shape index (κ3) is 2.21. The molecule has 1 aliphatic rings. The van der Waals surface area contributed by atoms with Gasteiger partial charge in [-0.25, -0.2) is 0 Å². The highest BCUT2D eigenvalue weighted by Gasteiger charge is 2.23. The molecule has 0 aliphatic carbocycles. The minimum Gasteiger partial charge on any atom is -0.353 e. The zero-order chi connectivity index (χ0) is 10.8. The van der Waals surface area contributed by atoms with Gasteiger partial charge < -0.3 is 10.2 Å². The van der Waals surface area contributed by atoms with Gasteiger partial charge in [0.2, 0.25) is 5.91 Å². The molecule has 1 aromatic heterocycles. The quantitative estimate of drug-likeness (QED) is 0.841. The third-order valence-electron chi connectivity index (χ3n) is 2.17. The van der Waals surface area contributed by atoms with Crippen LogP contribution in [0.1, 0.15) is 10.4 Å². The van der Waals surface area contributed by atoms with Gasteiger partial charge in [-0.05, 0) is 27.4 Å². The van der Waals surface area contributed by atoms with Crippen LogP contribution in [-0.2, 0) is 4.79 Å². The number of carbonyl (C=O) groups is 2. The van der Waals surface area contributed by atoms with Gasteiger partial charge in [0.25, 0.3) is 5.91 Å². The summed E-state index contributed by atoms with van der Waals surface area (Å²) in [5.74, 6) is -0.182. The number of amides is 2. The molecule has 1 saturated heterocycles. The molecule has 2 amide bonds. The van der Waals surface area contributed by atoms with Crippen molar-refractivity contribution in [2.75, 3.05) is 19.6 Å². The van der Waals surface area contributed by atoms with Gasteiger partial charge in [-0.15, -0.1) is 11.3 Å². The molecule has 1 aromatic rings. The Morgan fingerprint density at radius 2 is 2.40 bits per heavy atom. The number of thiophene rings is 1. The van der Waals surface area contributed by atoms with Gasteiger partial charge in [-0.2, -0.15) is 0 Å². The van der Waals surface area contributed by atoms with E-state index in [4.69, 9.17) is 0 Å². The fourth-order valence-corrected chi connectivity index (χ4v) is 2.66. The van der Waals surface area contributed by atoms with Crippen LogP contribution in [0.25, 0.3) is 0 Å². The van der Waals surface area contributed by atoms with Crippen LogP contribution in [-0.4, -0.2) is 36.3 Å². The highest BCUT2D eigenvalue weighted by atomic mass is 79.9. The van der Waals surface area contributed by atoms with E-state index in [0.29, 0.717) is 18.7 Å². The fraction of sp³-hybridized carbons (Fsp3) is 0.333. The molecule has 0 atom stereocenters. The zero-order valence-corrected chi connectivity index (χ0v) is 10.2. The van der Waals surface area contributed by atoms with Crippen molar-refractivity contribution in [1.82, 2.24) is 10.2 Å². The number of hydrogen-bond acceptors (Lipinski definition) is 3. The van der Waals surface area contributed by atoms with E-state index in [1.165, 1.54) is 11.3 Å². The second kappa shape index (κ2) is 4.32. The lowest BCUT2D eigenvalue weighted by Crippen LogP contribution is -2.49. The van der Waals surface area contributed by atoms with Gasteiger partial charge in [0.05, 0.1) is 15.9 Å². The van der Waals surface area contributed by atoms with Crippen LogP contribution < -0.4 is 5.32 Å². The average molecular weight is 289 g/mol. The Balaban J connectivity index is 2.14. The summed E-state index contributed by atoms with van der Waals surface area (Å²) >= 11 is 4.79. The molecule has 0 unspecified atom stereocenters.